The van der Waals surface area contributed by atoms with E-state index in [4.69, 9.17) is 15.2 Å². The standard InChI is InChI=1S/C16H32N2O2/c1-16(12-17,11-15(19-2)20-3)18-10-6-8-13-7-4-5-9-14(13)18/h13-15H,4-12,17H2,1-3H3. The molecule has 1 heterocycles. The van der Waals surface area contributed by atoms with Crippen LogP contribution in [-0.4, -0.2) is 50.1 Å². The maximum Gasteiger partial charge on any atom is 0.158 e. The van der Waals surface area contributed by atoms with Crippen molar-refractivity contribution in [3.05, 3.63) is 0 Å². The molecule has 2 fully saturated rings. The fourth-order valence-electron chi connectivity index (χ4n) is 4.23. The molecule has 0 aromatic rings. The van der Waals surface area contributed by atoms with Crippen LogP contribution in [0.3, 0.4) is 0 Å². The van der Waals surface area contributed by atoms with E-state index in [9.17, 15) is 0 Å². The average molecular weight is 284 g/mol. The van der Waals surface area contributed by atoms with Gasteiger partial charge in [-0.2, -0.15) is 0 Å². The van der Waals surface area contributed by atoms with Crippen molar-refractivity contribution in [2.45, 2.75) is 69.7 Å². The predicted octanol–water partition coefficient (Wildman–Crippen LogP) is 2.37. The summed E-state index contributed by atoms with van der Waals surface area (Å²) in [4.78, 5) is 2.69. The van der Waals surface area contributed by atoms with Gasteiger partial charge in [0.25, 0.3) is 0 Å². The highest BCUT2D eigenvalue weighted by Gasteiger charge is 2.42. The fraction of sp³-hybridized carbons (Fsp3) is 1.00. The Kier molecular flexibility index (Phi) is 5.84. The van der Waals surface area contributed by atoms with E-state index in [-0.39, 0.29) is 11.8 Å². The van der Waals surface area contributed by atoms with E-state index in [1.807, 2.05) is 0 Å². The van der Waals surface area contributed by atoms with Crippen LogP contribution < -0.4 is 5.73 Å². The van der Waals surface area contributed by atoms with Crippen LogP contribution in [0.2, 0.25) is 0 Å². The number of likely N-dealkylation sites (tertiary alicyclic amines) is 1. The maximum absolute atomic E-state index is 6.16. The van der Waals surface area contributed by atoms with Crippen molar-refractivity contribution in [2.75, 3.05) is 27.3 Å². The molecule has 2 aliphatic rings. The third-order valence-corrected chi connectivity index (χ3v) is 5.51. The van der Waals surface area contributed by atoms with E-state index in [0.717, 1.165) is 18.4 Å². The average Bonchev–Trinajstić information content (AvgIpc) is 2.51. The lowest BCUT2D eigenvalue weighted by Gasteiger charge is -2.53. The first-order valence-corrected chi connectivity index (χ1v) is 8.17. The molecule has 118 valence electrons. The molecule has 0 spiro atoms. The number of fused-ring (bicyclic) bond motifs is 1. The second kappa shape index (κ2) is 7.21. The molecule has 0 bridgehead atoms. The van der Waals surface area contributed by atoms with Crippen molar-refractivity contribution >= 4 is 0 Å². The Morgan fingerprint density at radius 2 is 1.80 bits per heavy atom. The molecule has 2 N–H and O–H groups in total. The summed E-state index contributed by atoms with van der Waals surface area (Å²) in [5.41, 5.74) is 6.15. The zero-order chi connectivity index (χ0) is 14.6. The number of nitrogens with zero attached hydrogens (tertiary/aromatic N) is 1. The van der Waals surface area contributed by atoms with E-state index < -0.39 is 0 Å². The summed E-state index contributed by atoms with van der Waals surface area (Å²) >= 11 is 0. The number of nitrogens with two attached hydrogens (primary N) is 1. The van der Waals surface area contributed by atoms with Gasteiger partial charge in [0.2, 0.25) is 0 Å². The molecule has 0 aromatic heterocycles. The summed E-state index contributed by atoms with van der Waals surface area (Å²) in [5.74, 6) is 0.881. The highest BCUT2D eigenvalue weighted by Crippen LogP contribution is 2.39. The lowest BCUT2D eigenvalue weighted by atomic mass is 9.75. The summed E-state index contributed by atoms with van der Waals surface area (Å²) in [6, 6.07) is 0.723. The van der Waals surface area contributed by atoms with Crippen LogP contribution in [0.4, 0.5) is 0 Å². The van der Waals surface area contributed by atoms with Crippen LogP contribution in [-0.2, 0) is 9.47 Å². The molecule has 1 aliphatic heterocycles. The van der Waals surface area contributed by atoms with E-state index in [1.165, 1.54) is 45.1 Å². The molecule has 20 heavy (non-hydrogen) atoms. The Morgan fingerprint density at radius 1 is 1.15 bits per heavy atom. The van der Waals surface area contributed by atoms with Gasteiger partial charge in [0.15, 0.2) is 6.29 Å². The first-order chi connectivity index (χ1) is 9.64. The van der Waals surface area contributed by atoms with Crippen molar-refractivity contribution in [1.82, 2.24) is 4.90 Å². The zero-order valence-electron chi connectivity index (χ0n) is 13.4. The van der Waals surface area contributed by atoms with Gasteiger partial charge in [-0.05, 0) is 45.1 Å². The smallest absolute Gasteiger partial charge is 0.158 e. The van der Waals surface area contributed by atoms with Gasteiger partial charge in [0.05, 0.1) is 0 Å². The van der Waals surface area contributed by atoms with Gasteiger partial charge in [-0.1, -0.05) is 12.8 Å². The van der Waals surface area contributed by atoms with Crippen molar-refractivity contribution in [2.24, 2.45) is 11.7 Å². The number of hydrogen-bond acceptors (Lipinski definition) is 4. The molecule has 1 aliphatic carbocycles. The van der Waals surface area contributed by atoms with Crippen LogP contribution in [0.1, 0.15) is 51.9 Å². The minimum atomic E-state index is -0.160. The molecule has 1 saturated heterocycles. The van der Waals surface area contributed by atoms with Gasteiger partial charge in [0, 0.05) is 38.8 Å². The molecule has 4 nitrogen and oxygen atoms in total. The highest BCUT2D eigenvalue weighted by atomic mass is 16.7. The van der Waals surface area contributed by atoms with Gasteiger partial charge in [-0.15, -0.1) is 0 Å². The summed E-state index contributed by atoms with van der Waals surface area (Å²) in [7, 11) is 3.43. The molecule has 1 saturated carbocycles. The van der Waals surface area contributed by atoms with Crippen LogP contribution in [0, 0.1) is 5.92 Å². The van der Waals surface area contributed by atoms with Crippen molar-refractivity contribution in [1.29, 1.82) is 0 Å². The molecule has 0 aromatic carbocycles. The van der Waals surface area contributed by atoms with Gasteiger partial charge in [-0.3, -0.25) is 4.90 Å². The van der Waals surface area contributed by atoms with Crippen LogP contribution in [0.15, 0.2) is 0 Å². The third kappa shape index (κ3) is 3.35. The molecular weight excluding hydrogens is 252 g/mol. The van der Waals surface area contributed by atoms with Gasteiger partial charge < -0.3 is 15.2 Å². The summed E-state index contributed by atoms with van der Waals surface area (Å²) in [5, 5.41) is 0. The first kappa shape index (κ1) is 16.2. The largest absolute Gasteiger partial charge is 0.356 e. The predicted molar refractivity (Wildman–Crippen MR) is 81.6 cm³/mol. The SMILES string of the molecule is COC(CC(C)(CN)N1CCCC2CCCCC21)OC. The monoisotopic (exact) mass is 284 g/mol. The minimum Gasteiger partial charge on any atom is -0.356 e. The Labute approximate surface area is 124 Å². The van der Waals surface area contributed by atoms with Crippen molar-refractivity contribution in [3.63, 3.8) is 0 Å². The third-order valence-electron chi connectivity index (χ3n) is 5.51. The van der Waals surface area contributed by atoms with Gasteiger partial charge >= 0.3 is 0 Å². The highest BCUT2D eigenvalue weighted by molar-refractivity contribution is 4.97. The van der Waals surface area contributed by atoms with E-state index in [2.05, 4.69) is 11.8 Å². The first-order valence-electron chi connectivity index (χ1n) is 8.17. The number of ether oxygens (including phenoxy) is 2. The van der Waals surface area contributed by atoms with Crippen LogP contribution in [0.25, 0.3) is 0 Å². The molecule has 0 radical (unpaired) electrons. The molecule has 3 atom stereocenters. The lowest BCUT2D eigenvalue weighted by molar-refractivity contribution is -0.138. The number of hydrogen-bond donors (Lipinski definition) is 1. The Morgan fingerprint density at radius 3 is 2.45 bits per heavy atom. The van der Waals surface area contributed by atoms with E-state index in [1.54, 1.807) is 14.2 Å². The van der Waals surface area contributed by atoms with E-state index >= 15 is 0 Å². The summed E-state index contributed by atoms with van der Waals surface area (Å²) in [6.07, 6.45) is 8.92. The molecule has 2 rings (SSSR count). The van der Waals surface area contributed by atoms with Crippen LogP contribution in [0.5, 0.6) is 0 Å². The number of piperidine rings is 1. The quantitative estimate of drug-likeness (QED) is 0.761. The van der Waals surface area contributed by atoms with Crippen molar-refractivity contribution in [3.8, 4) is 0 Å². The summed E-state index contributed by atoms with van der Waals surface area (Å²) < 4.78 is 10.8. The Balaban J connectivity index is 2.11. The topological polar surface area (TPSA) is 47.7 Å². The van der Waals surface area contributed by atoms with Crippen molar-refractivity contribution < 1.29 is 9.47 Å². The van der Waals surface area contributed by atoms with Gasteiger partial charge in [-0.25, -0.2) is 0 Å². The summed E-state index contributed by atoms with van der Waals surface area (Å²) in [6.45, 7) is 4.13. The molecule has 0 amide bonds. The molecule has 4 heteroatoms. The second-order valence-corrected chi connectivity index (χ2v) is 6.75. The minimum absolute atomic E-state index is 0.0165. The lowest BCUT2D eigenvalue weighted by Crippen LogP contribution is -2.61. The fourth-order valence-corrected chi connectivity index (χ4v) is 4.23. The second-order valence-electron chi connectivity index (χ2n) is 6.75. The van der Waals surface area contributed by atoms with Crippen LogP contribution >= 0.6 is 0 Å². The van der Waals surface area contributed by atoms with E-state index in [0.29, 0.717) is 6.54 Å². The van der Waals surface area contributed by atoms with Gasteiger partial charge in [0.1, 0.15) is 0 Å². The molecular formula is C16H32N2O2. The maximum atomic E-state index is 6.16. The Hall–Kier alpha value is -0.160. The Bertz CT molecular complexity index is 294. The number of methoxy groups -OCH3 is 2. The molecule has 3 unspecified atom stereocenters. The zero-order valence-corrected chi connectivity index (χ0v) is 13.4. The number of rotatable bonds is 6. The normalized spacial score (nSPS) is 31.1.